The lowest BCUT2D eigenvalue weighted by Crippen LogP contribution is -2.30. The van der Waals surface area contributed by atoms with Crippen LogP contribution < -0.4 is 0 Å². The zero-order valence-corrected chi connectivity index (χ0v) is 12.4. The highest BCUT2D eigenvalue weighted by Crippen LogP contribution is 2.47. The Balaban J connectivity index is 1.84. The first kappa shape index (κ1) is 14.0. The van der Waals surface area contributed by atoms with Crippen molar-refractivity contribution >= 4 is 0 Å². The second kappa shape index (κ2) is 6.14. The molecule has 102 valence electrons. The third-order valence-corrected chi connectivity index (χ3v) is 5.75. The molecule has 0 atom stereocenters. The molecule has 2 rings (SSSR count). The summed E-state index contributed by atoms with van der Waals surface area (Å²) in [6.45, 7) is 4.69. The summed E-state index contributed by atoms with van der Waals surface area (Å²) in [6, 6.07) is 0. The lowest BCUT2D eigenvalue weighted by molar-refractivity contribution is 0.121. The molecular formula is C18H30. The molecule has 0 nitrogen and oxygen atoms in total. The van der Waals surface area contributed by atoms with Crippen LogP contribution in [0.4, 0.5) is 0 Å². The minimum atomic E-state index is 0.271. The van der Waals surface area contributed by atoms with Crippen molar-refractivity contribution in [2.45, 2.75) is 78.1 Å². The van der Waals surface area contributed by atoms with Gasteiger partial charge in [-0.05, 0) is 62.7 Å². The van der Waals surface area contributed by atoms with Crippen molar-refractivity contribution in [3.05, 3.63) is 0 Å². The highest BCUT2D eigenvalue weighted by Gasteiger charge is 2.36. The Labute approximate surface area is 114 Å². The van der Waals surface area contributed by atoms with Crippen LogP contribution in [-0.2, 0) is 0 Å². The molecule has 2 aliphatic carbocycles. The Hall–Kier alpha value is -0.440. The van der Waals surface area contributed by atoms with Crippen molar-refractivity contribution in [2.75, 3.05) is 0 Å². The topological polar surface area (TPSA) is 0 Å². The summed E-state index contributed by atoms with van der Waals surface area (Å²) in [6.07, 6.45) is 19.6. The van der Waals surface area contributed by atoms with Gasteiger partial charge >= 0.3 is 0 Å². The van der Waals surface area contributed by atoms with Crippen molar-refractivity contribution in [1.29, 1.82) is 0 Å². The molecule has 2 fully saturated rings. The van der Waals surface area contributed by atoms with Crippen LogP contribution in [-0.4, -0.2) is 0 Å². The van der Waals surface area contributed by atoms with Gasteiger partial charge in [-0.1, -0.05) is 39.0 Å². The van der Waals surface area contributed by atoms with E-state index >= 15 is 0 Å². The number of hydrogen-bond acceptors (Lipinski definition) is 0. The van der Waals surface area contributed by atoms with Crippen molar-refractivity contribution < 1.29 is 0 Å². The van der Waals surface area contributed by atoms with Gasteiger partial charge in [0.15, 0.2) is 0 Å². The van der Waals surface area contributed by atoms with E-state index in [2.05, 4.69) is 19.8 Å². The maximum Gasteiger partial charge on any atom is 0.0312 e. The summed E-state index contributed by atoms with van der Waals surface area (Å²) in [5.41, 5.74) is 0.271. The predicted molar refractivity (Wildman–Crippen MR) is 79.3 cm³/mol. The van der Waals surface area contributed by atoms with E-state index in [0.717, 1.165) is 17.8 Å². The van der Waals surface area contributed by atoms with E-state index in [0.29, 0.717) is 0 Å². The molecule has 0 aromatic rings. The fourth-order valence-electron chi connectivity index (χ4n) is 4.37. The van der Waals surface area contributed by atoms with Gasteiger partial charge in [-0.2, -0.15) is 0 Å². The first-order chi connectivity index (χ1) is 8.69. The third kappa shape index (κ3) is 3.11. The van der Waals surface area contributed by atoms with Gasteiger partial charge in [0, 0.05) is 5.41 Å². The Morgan fingerprint density at radius 3 is 2.06 bits per heavy atom. The molecule has 0 bridgehead atoms. The fraction of sp³-hybridized carbons (Fsp3) is 0.889. The van der Waals surface area contributed by atoms with E-state index in [1.54, 1.807) is 0 Å². The van der Waals surface area contributed by atoms with E-state index in [-0.39, 0.29) is 5.41 Å². The van der Waals surface area contributed by atoms with Gasteiger partial charge in [0.1, 0.15) is 0 Å². The molecule has 2 aliphatic rings. The molecule has 0 spiro atoms. The van der Waals surface area contributed by atoms with Crippen LogP contribution >= 0.6 is 0 Å². The Bertz CT molecular complexity index is 280. The first-order valence-corrected chi connectivity index (χ1v) is 8.17. The second-order valence-corrected chi connectivity index (χ2v) is 7.03. The Morgan fingerprint density at radius 2 is 1.56 bits per heavy atom. The second-order valence-electron chi connectivity index (χ2n) is 7.03. The molecule has 0 amide bonds. The lowest BCUT2D eigenvalue weighted by Gasteiger charge is -2.41. The summed E-state index contributed by atoms with van der Waals surface area (Å²) in [5, 5.41) is 0. The van der Waals surface area contributed by atoms with Crippen molar-refractivity contribution in [3.8, 4) is 12.3 Å². The number of rotatable bonds is 3. The standard InChI is InChI=1S/C18H30/c1-4-12-18(5-2)13-10-17(11-14-18)16-8-6-15(3)7-9-16/h2,15-17H,4,6-14H2,1,3H3. The molecule has 0 aliphatic heterocycles. The SMILES string of the molecule is C#CC1(CCC)CCC(C2CCC(C)CC2)CC1. The molecule has 0 radical (unpaired) electrons. The van der Waals surface area contributed by atoms with Gasteiger partial charge in [-0.15, -0.1) is 6.42 Å². The molecular weight excluding hydrogens is 216 g/mol. The Kier molecular flexibility index (Phi) is 4.77. The third-order valence-electron chi connectivity index (χ3n) is 5.75. The van der Waals surface area contributed by atoms with Gasteiger partial charge < -0.3 is 0 Å². The van der Waals surface area contributed by atoms with Gasteiger partial charge in [0.25, 0.3) is 0 Å². The monoisotopic (exact) mass is 246 g/mol. The molecule has 2 saturated carbocycles. The quantitative estimate of drug-likeness (QED) is 0.583. The van der Waals surface area contributed by atoms with Crippen LogP contribution in [0.15, 0.2) is 0 Å². The molecule has 0 aromatic carbocycles. The van der Waals surface area contributed by atoms with Gasteiger partial charge in [-0.3, -0.25) is 0 Å². The van der Waals surface area contributed by atoms with Crippen LogP contribution in [0.5, 0.6) is 0 Å². The maximum atomic E-state index is 5.82. The molecule has 0 N–H and O–H groups in total. The van der Waals surface area contributed by atoms with E-state index < -0.39 is 0 Å². The summed E-state index contributed by atoms with van der Waals surface area (Å²) in [4.78, 5) is 0. The first-order valence-electron chi connectivity index (χ1n) is 8.17. The zero-order valence-electron chi connectivity index (χ0n) is 12.4. The summed E-state index contributed by atoms with van der Waals surface area (Å²) in [7, 11) is 0. The average Bonchev–Trinajstić information content (AvgIpc) is 2.41. The minimum Gasteiger partial charge on any atom is -0.120 e. The molecule has 0 heterocycles. The maximum absolute atomic E-state index is 5.82. The lowest BCUT2D eigenvalue weighted by atomic mass is 9.63. The minimum absolute atomic E-state index is 0.271. The van der Waals surface area contributed by atoms with Crippen molar-refractivity contribution in [2.24, 2.45) is 23.2 Å². The molecule has 0 aromatic heterocycles. The highest BCUT2D eigenvalue weighted by atomic mass is 14.4. The zero-order chi connectivity index (χ0) is 13.0. The van der Waals surface area contributed by atoms with E-state index in [1.807, 2.05) is 0 Å². The number of hydrogen-bond donors (Lipinski definition) is 0. The van der Waals surface area contributed by atoms with Gasteiger partial charge in [0.2, 0.25) is 0 Å². The smallest absolute Gasteiger partial charge is 0.0312 e. The average molecular weight is 246 g/mol. The summed E-state index contributed by atoms with van der Waals surface area (Å²) >= 11 is 0. The van der Waals surface area contributed by atoms with Crippen molar-refractivity contribution in [1.82, 2.24) is 0 Å². The van der Waals surface area contributed by atoms with E-state index in [9.17, 15) is 0 Å². The van der Waals surface area contributed by atoms with Crippen LogP contribution in [0.2, 0.25) is 0 Å². The van der Waals surface area contributed by atoms with E-state index in [1.165, 1.54) is 64.2 Å². The van der Waals surface area contributed by atoms with E-state index in [4.69, 9.17) is 6.42 Å². The normalized spacial score (nSPS) is 41.3. The Morgan fingerprint density at radius 1 is 1.00 bits per heavy atom. The predicted octanol–water partition coefficient (Wildman–Crippen LogP) is 5.42. The van der Waals surface area contributed by atoms with Crippen LogP contribution in [0, 0.1) is 35.5 Å². The van der Waals surface area contributed by atoms with Gasteiger partial charge in [-0.25, -0.2) is 0 Å². The molecule has 0 unspecified atom stereocenters. The van der Waals surface area contributed by atoms with Crippen LogP contribution in [0.25, 0.3) is 0 Å². The summed E-state index contributed by atoms with van der Waals surface area (Å²) < 4.78 is 0. The van der Waals surface area contributed by atoms with Crippen LogP contribution in [0.1, 0.15) is 78.1 Å². The summed E-state index contributed by atoms with van der Waals surface area (Å²) in [5.74, 6) is 6.15. The molecule has 0 saturated heterocycles. The molecule has 0 heteroatoms. The van der Waals surface area contributed by atoms with Gasteiger partial charge in [0.05, 0.1) is 0 Å². The largest absolute Gasteiger partial charge is 0.120 e. The fourth-order valence-corrected chi connectivity index (χ4v) is 4.37. The molecule has 18 heavy (non-hydrogen) atoms. The highest BCUT2D eigenvalue weighted by molar-refractivity contribution is 5.07. The van der Waals surface area contributed by atoms with Crippen molar-refractivity contribution in [3.63, 3.8) is 0 Å². The van der Waals surface area contributed by atoms with Crippen LogP contribution in [0.3, 0.4) is 0 Å². The number of terminal acetylenes is 1.